The molecule has 152 valence electrons. The van der Waals surface area contributed by atoms with Gasteiger partial charge in [0.05, 0.1) is 7.11 Å². The summed E-state index contributed by atoms with van der Waals surface area (Å²) in [7, 11) is -0.356. The van der Waals surface area contributed by atoms with Gasteiger partial charge in [-0.05, 0) is 25.5 Å². The van der Waals surface area contributed by atoms with E-state index >= 15 is 0 Å². The van der Waals surface area contributed by atoms with Crippen molar-refractivity contribution in [2.24, 2.45) is 7.05 Å². The first-order valence-corrected chi connectivity index (χ1v) is 10.5. The standard InChI is InChI=1S/C18H25N5O4S/c1-14-19-17(13-21(14)2)28(25,26)23-9-5-8-22(10-11-23)18(24)20-15-6-4-7-16(12-15)27-3/h4,6-7,12-13H,5,8-11H2,1-3H3,(H,20,24). The van der Waals surface area contributed by atoms with Crippen molar-refractivity contribution in [1.82, 2.24) is 18.8 Å². The zero-order valence-electron chi connectivity index (χ0n) is 16.3. The lowest BCUT2D eigenvalue weighted by atomic mass is 10.3. The van der Waals surface area contributed by atoms with Crippen molar-refractivity contribution < 1.29 is 17.9 Å². The van der Waals surface area contributed by atoms with Crippen LogP contribution in [0, 0.1) is 6.92 Å². The zero-order chi connectivity index (χ0) is 20.3. The first-order chi connectivity index (χ1) is 13.3. The Morgan fingerprint density at radius 1 is 1.21 bits per heavy atom. The van der Waals surface area contributed by atoms with Gasteiger partial charge >= 0.3 is 6.03 Å². The van der Waals surface area contributed by atoms with Crippen molar-refractivity contribution in [2.75, 3.05) is 38.6 Å². The summed E-state index contributed by atoms with van der Waals surface area (Å²) in [5.74, 6) is 1.28. The third kappa shape index (κ3) is 4.28. The second-order valence-electron chi connectivity index (χ2n) is 6.64. The predicted molar refractivity (Wildman–Crippen MR) is 105 cm³/mol. The molecule has 1 aromatic heterocycles. The van der Waals surface area contributed by atoms with Gasteiger partial charge in [0.15, 0.2) is 5.03 Å². The Hall–Kier alpha value is -2.59. The molecule has 0 radical (unpaired) electrons. The summed E-state index contributed by atoms with van der Waals surface area (Å²) in [4.78, 5) is 18.4. The SMILES string of the molecule is COc1cccc(NC(=O)N2CCCN(S(=O)(=O)c3cn(C)c(C)n3)CC2)c1. The van der Waals surface area contributed by atoms with Crippen LogP contribution in [-0.4, -0.2) is 66.5 Å². The van der Waals surface area contributed by atoms with Crippen LogP contribution in [0.15, 0.2) is 35.5 Å². The number of anilines is 1. The lowest BCUT2D eigenvalue weighted by Crippen LogP contribution is -2.39. The van der Waals surface area contributed by atoms with Gasteiger partial charge in [0.1, 0.15) is 11.6 Å². The molecular formula is C18H25N5O4S. The molecule has 1 aliphatic rings. The summed E-state index contributed by atoms with van der Waals surface area (Å²) >= 11 is 0. The molecule has 1 aromatic carbocycles. The van der Waals surface area contributed by atoms with Crippen molar-refractivity contribution in [1.29, 1.82) is 0 Å². The molecule has 0 unspecified atom stereocenters. The van der Waals surface area contributed by atoms with E-state index < -0.39 is 10.0 Å². The monoisotopic (exact) mass is 407 g/mol. The second-order valence-corrected chi connectivity index (χ2v) is 8.53. The maximum Gasteiger partial charge on any atom is 0.321 e. The Morgan fingerprint density at radius 3 is 2.68 bits per heavy atom. The molecule has 10 heteroatoms. The number of nitrogens with zero attached hydrogens (tertiary/aromatic N) is 4. The van der Waals surface area contributed by atoms with Crippen LogP contribution in [0.5, 0.6) is 5.75 Å². The van der Waals surface area contributed by atoms with Gasteiger partial charge in [-0.25, -0.2) is 18.2 Å². The van der Waals surface area contributed by atoms with E-state index in [1.54, 1.807) is 54.8 Å². The molecule has 1 aliphatic heterocycles. The van der Waals surface area contributed by atoms with Crippen LogP contribution in [0.4, 0.5) is 10.5 Å². The number of ether oxygens (including phenoxy) is 1. The molecule has 9 nitrogen and oxygen atoms in total. The van der Waals surface area contributed by atoms with Crippen LogP contribution >= 0.6 is 0 Å². The number of imidazole rings is 1. The number of rotatable bonds is 4. The van der Waals surface area contributed by atoms with Crippen LogP contribution in [0.1, 0.15) is 12.2 Å². The summed E-state index contributed by atoms with van der Waals surface area (Å²) in [6.45, 7) is 3.11. The van der Waals surface area contributed by atoms with Gasteiger partial charge in [-0.1, -0.05) is 6.07 Å². The predicted octanol–water partition coefficient (Wildman–Crippen LogP) is 1.67. The van der Waals surface area contributed by atoms with Crippen LogP contribution in [0.3, 0.4) is 0 Å². The average Bonchev–Trinajstić information content (AvgIpc) is 2.88. The van der Waals surface area contributed by atoms with Gasteiger partial charge < -0.3 is 19.5 Å². The van der Waals surface area contributed by atoms with Crippen LogP contribution < -0.4 is 10.1 Å². The number of sulfonamides is 1. The van der Waals surface area contributed by atoms with E-state index in [2.05, 4.69) is 10.3 Å². The molecular weight excluding hydrogens is 382 g/mol. The Balaban J connectivity index is 1.66. The summed E-state index contributed by atoms with van der Waals surface area (Å²) in [5.41, 5.74) is 0.627. The Labute approximate surface area is 165 Å². The number of nitrogens with one attached hydrogen (secondary N) is 1. The number of carbonyl (C=O) groups is 1. The first kappa shape index (κ1) is 20.2. The summed E-state index contributed by atoms with van der Waals surface area (Å²) in [5, 5.41) is 2.88. The van der Waals surface area contributed by atoms with Crippen molar-refractivity contribution in [3.8, 4) is 5.75 Å². The maximum atomic E-state index is 12.9. The highest BCUT2D eigenvalue weighted by atomic mass is 32.2. The molecule has 0 atom stereocenters. The minimum Gasteiger partial charge on any atom is -0.497 e. The molecule has 28 heavy (non-hydrogen) atoms. The molecule has 1 fully saturated rings. The summed E-state index contributed by atoms with van der Waals surface area (Å²) < 4.78 is 34.0. The van der Waals surface area contributed by atoms with E-state index in [9.17, 15) is 13.2 Å². The highest BCUT2D eigenvalue weighted by Gasteiger charge is 2.30. The largest absolute Gasteiger partial charge is 0.497 e. The fraction of sp³-hybridized carbons (Fsp3) is 0.444. The number of aromatic nitrogens is 2. The van der Waals surface area contributed by atoms with Gasteiger partial charge in [0.25, 0.3) is 10.0 Å². The highest BCUT2D eigenvalue weighted by Crippen LogP contribution is 2.19. The molecule has 2 amide bonds. The molecule has 0 saturated carbocycles. The molecule has 1 saturated heterocycles. The quantitative estimate of drug-likeness (QED) is 0.832. The molecule has 2 heterocycles. The highest BCUT2D eigenvalue weighted by molar-refractivity contribution is 7.89. The first-order valence-electron chi connectivity index (χ1n) is 9.01. The van der Waals surface area contributed by atoms with E-state index in [1.807, 2.05) is 0 Å². The normalized spacial score (nSPS) is 15.9. The zero-order valence-corrected chi connectivity index (χ0v) is 17.1. The molecule has 3 rings (SSSR count). The number of amides is 2. The third-order valence-electron chi connectivity index (χ3n) is 4.75. The van der Waals surface area contributed by atoms with Crippen LogP contribution in [-0.2, 0) is 17.1 Å². The molecule has 2 aromatic rings. The number of carbonyl (C=O) groups excluding carboxylic acids is 1. The minimum atomic E-state index is -3.68. The summed E-state index contributed by atoms with van der Waals surface area (Å²) in [6.07, 6.45) is 2.07. The third-order valence-corrected chi connectivity index (χ3v) is 6.52. The topological polar surface area (TPSA) is 96.8 Å². The molecule has 0 bridgehead atoms. The fourth-order valence-electron chi connectivity index (χ4n) is 3.02. The summed E-state index contributed by atoms with van der Waals surface area (Å²) in [6, 6.07) is 6.83. The van der Waals surface area contributed by atoms with Crippen molar-refractivity contribution >= 4 is 21.7 Å². The van der Waals surface area contributed by atoms with Crippen molar-refractivity contribution in [3.05, 3.63) is 36.3 Å². The van der Waals surface area contributed by atoms with E-state index in [1.165, 1.54) is 10.5 Å². The lowest BCUT2D eigenvalue weighted by Gasteiger charge is -2.22. The number of aryl methyl sites for hydroxylation is 2. The van der Waals surface area contributed by atoms with Crippen molar-refractivity contribution in [3.63, 3.8) is 0 Å². The van der Waals surface area contributed by atoms with E-state index in [-0.39, 0.29) is 17.6 Å². The number of hydrogen-bond acceptors (Lipinski definition) is 5. The minimum absolute atomic E-state index is 0.0433. The smallest absolute Gasteiger partial charge is 0.321 e. The van der Waals surface area contributed by atoms with Crippen molar-refractivity contribution in [2.45, 2.75) is 18.4 Å². The van der Waals surface area contributed by atoms with Gasteiger partial charge in [-0.3, -0.25) is 0 Å². The number of hydrogen-bond donors (Lipinski definition) is 1. The van der Waals surface area contributed by atoms with Gasteiger partial charge in [0.2, 0.25) is 0 Å². The van der Waals surface area contributed by atoms with E-state index in [0.29, 0.717) is 43.3 Å². The Bertz CT molecular complexity index is 937. The number of methoxy groups -OCH3 is 1. The number of benzene rings is 1. The van der Waals surface area contributed by atoms with E-state index in [0.717, 1.165) is 0 Å². The van der Waals surface area contributed by atoms with E-state index in [4.69, 9.17) is 4.74 Å². The fourth-order valence-corrected chi connectivity index (χ4v) is 4.52. The molecule has 0 spiro atoms. The second kappa shape index (κ2) is 8.19. The average molecular weight is 407 g/mol. The maximum absolute atomic E-state index is 12.9. The molecule has 0 aliphatic carbocycles. The van der Waals surface area contributed by atoms with Gasteiger partial charge in [-0.15, -0.1) is 0 Å². The van der Waals surface area contributed by atoms with Crippen LogP contribution in [0.2, 0.25) is 0 Å². The Kier molecular flexibility index (Phi) is 5.90. The van der Waals surface area contributed by atoms with Gasteiger partial charge in [-0.2, -0.15) is 4.31 Å². The van der Waals surface area contributed by atoms with Gasteiger partial charge in [0, 0.05) is 51.2 Å². The number of urea groups is 1. The lowest BCUT2D eigenvalue weighted by molar-refractivity contribution is 0.214. The molecule has 1 N–H and O–H groups in total. The Morgan fingerprint density at radius 2 is 2.00 bits per heavy atom. The van der Waals surface area contributed by atoms with Crippen LogP contribution in [0.25, 0.3) is 0 Å².